The molecule has 0 spiro atoms. The molecular formula is C16H23BrO. The van der Waals surface area contributed by atoms with Crippen LogP contribution in [-0.2, 0) is 0 Å². The highest BCUT2D eigenvalue weighted by molar-refractivity contribution is 9.09. The number of ether oxygens (including phenoxy) is 1. The Labute approximate surface area is 119 Å². The van der Waals surface area contributed by atoms with Crippen molar-refractivity contribution in [3.05, 3.63) is 29.3 Å². The van der Waals surface area contributed by atoms with Crippen LogP contribution < -0.4 is 4.74 Å². The molecule has 0 bridgehead atoms. The van der Waals surface area contributed by atoms with E-state index in [0.29, 0.717) is 5.41 Å². The zero-order valence-electron chi connectivity index (χ0n) is 11.5. The van der Waals surface area contributed by atoms with Crippen LogP contribution in [0.1, 0.15) is 43.2 Å². The zero-order valence-corrected chi connectivity index (χ0v) is 13.1. The van der Waals surface area contributed by atoms with Gasteiger partial charge in [0.25, 0.3) is 0 Å². The van der Waals surface area contributed by atoms with Crippen LogP contribution in [0.25, 0.3) is 0 Å². The molecule has 100 valence electrons. The molecule has 0 heterocycles. The lowest BCUT2D eigenvalue weighted by molar-refractivity contribution is 0.121. The van der Waals surface area contributed by atoms with Gasteiger partial charge >= 0.3 is 0 Å². The maximum atomic E-state index is 6.17. The second kappa shape index (κ2) is 6.10. The highest BCUT2D eigenvalue weighted by Crippen LogP contribution is 2.38. The van der Waals surface area contributed by atoms with E-state index in [1.54, 1.807) is 0 Å². The molecule has 1 aromatic carbocycles. The molecule has 1 saturated carbocycles. The molecule has 0 radical (unpaired) electrons. The van der Waals surface area contributed by atoms with Crippen molar-refractivity contribution in [2.45, 2.75) is 46.0 Å². The summed E-state index contributed by atoms with van der Waals surface area (Å²) in [6, 6.07) is 6.35. The Morgan fingerprint density at radius 1 is 1.11 bits per heavy atom. The minimum Gasteiger partial charge on any atom is -0.492 e. The third kappa shape index (κ3) is 3.09. The Balaban J connectivity index is 2.05. The summed E-state index contributed by atoms with van der Waals surface area (Å²) in [6.45, 7) is 5.11. The molecule has 1 aromatic rings. The molecule has 18 heavy (non-hydrogen) atoms. The maximum absolute atomic E-state index is 6.17. The topological polar surface area (TPSA) is 9.23 Å². The normalized spacial score (nSPS) is 18.6. The Morgan fingerprint density at radius 2 is 1.72 bits per heavy atom. The molecule has 2 rings (SSSR count). The van der Waals surface area contributed by atoms with Gasteiger partial charge in [-0.3, -0.25) is 0 Å². The van der Waals surface area contributed by atoms with Gasteiger partial charge in [-0.1, -0.05) is 53.4 Å². The van der Waals surface area contributed by atoms with Gasteiger partial charge in [0.2, 0.25) is 0 Å². The summed E-state index contributed by atoms with van der Waals surface area (Å²) in [4.78, 5) is 0. The lowest BCUT2D eigenvalue weighted by atomic mass is 9.76. The Bertz CT molecular complexity index is 374. The molecule has 0 N–H and O–H groups in total. The Hall–Kier alpha value is -0.500. The molecule has 1 aliphatic rings. The Morgan fingerprint density at radius 3 is 2.28 bits per heavy atom. The molecular weight excluding hydrogens is 288 g/mol. The van der Waals surface area contributed by atoms with Gasteiger partial charge in [-0.15, -0.1) is 0 Å². The van der Waals surface area contributed by atoms with Crippen LogP contribution in [0.15, 0.2) is 18.2 Å². The van der Waals surface area contributed by atoms with Gasteiger partial charge < -0.3 is 4.74 Å². The molecule has 0 aliphatic heterocycles. The number of hydrogen-bond donors (Lipinski definition) is 0. The summed E-state index contributed by atoms with van der Waals surface area (Å²) in [7, 11) is 0. The van der Waals surface area contributed by atoms with E-state index >= 15 is 0 Å². The minimum atomic E-state index is 0.354. The zero-order chi connectivity index (χ0) is 13.0. The number of alkyl halides is 1. The van der Waals surface area contributed by atoms with Gasteiger partial charge in [0, 0.05) is 10.7 Å². The fourth-order valence-corrected chi connectivity index (χ4v) is 3.59. The van der Waals surface area contributed by atoms with E-state index in [1.165, 1.54) is 43.2 Å². The molecule has 0 amide bonds. The SMILES string of the molecule is Cc1cccc(C)c1OCC1(CBr)CCCCC1. The van der Waals surface area contributed by atoms with Crippen LogP contribution in [-0.4, -0.2) is 11.9 Å². The van der Waals surface area contributed by atoms with E-state index in [0.717, 1.165) is 17.7 Å². The molecule has 0 saturated heterocycles. The van der Waals surface area contributed by atoms with Crippen molar-refractivity contribution in [1.29, 1.82) is 0 Å². The van der Waals surface area contributed by atoms with Crippen molar-refractivity contribution < 1.29 is 4.74 Å². The fraction of sp³-hybridized carbons (Fsp3) is 0.625. The third-order valence-electron chi connectivity index (χ3n) is 4.13. The van der Waals surface area contributed by atoms with E-state index in [1.807, 2.05) is 0 Å². The molecule has 0 aromatic heterocycles. The molecule has 0 atom stereocenters. The predicted molar refractivity (Wildman–Crippen MR) is 80.7 cm³/mol. The number of aryl methyl sites for hydroxylation is 2. The van der Waals surface area contributed by atoms with Crippen LogP contribution in [0.3, 0.4) is 0 Å². The third-order valence-corrected chi connectivity index (χ3v) is 5.32. The predicted octanol–water partition coefficient (Wildman–Crippen LogP) is 5.03. The van der Waals surface area contributed by atoms with Crippen LogP contribution in [0, 0.1) is 19.3 Å². The highest BCUT2D eigenvalue weighted by atomic mass is 79.9. The first-order chi connectivity index (χ1) is 8.67. The van der Waals surface area contributed by atoms with Crippen molar-refractivity contribution in [3.63, 3.8) is 0 Å². The lowest BCUT2D eigenvalue weighted by Crippen LogP contribution is -2.33. The fourth-order valence-electron chi connectivity index (χ4n) is 2.87. The summed E-state index contributed by atoms with van der Waals surface area (Å²) < 4.78 is 6.17. The Kier molecular flexibility index (Phi) is 4.71. The first kappa shape index (κ1) is 13.9. The summed E-state index contributed by atoms with van der Waals surface area (Å²) in [6.07, 6.45) is 6.67. The molecule has 1 nitrogen and oxygen atoms in total. The highest BCUT2D eigenvalue weighted by Gasteiger charge is 2.32. The van der Waals surface area contributed by atoms with E-state index < -0.39 is 0 Å². The first-order valence-corrected chi connectivity index (χ1v) is 8.04. The number of hydrogen-bond acceptors (Lipinski definition) is 1. The molecule has 1 aliphatic carbocycles. The van der Waals surface area contributed by atoms with Gasteiger partial charge in [0.15, 0.2) is 0 Å². The summed E-state index contributed by atoms with van der Waals surface area (Å²) >= 11 is 3.70. The largest absolute Gasteiger partial charge is 0.492 e. The van der Waals surface area contributed by atoms with Gasteiger partial charge in [-0.05, 0) is 37.8 Å². The van der Waals surface area contributed by atoms with E-state index in [-0.39, 0.29) is 0 Å². The molecule has 1 fully saturated rings. The lowest BCUT2D eigenvalue weighted by Gasteiger charge is -2.35. The van der Waals surface area contributed by atoms with Crippen LogP contribution in [0.5, 0.6) is 5.75 Å². The average molecular weight is 311 g/mol. The first-order valence-electron chi connectivity index (χ1n) is 6.92. The average Bonchev–Trinajstić information content (AvgIpc) is 2.39. The molecule has 2 heteroatoms. The van der Waals surface area contributed by atoms with Gasteiger partial charge in [0.1, 0.15) is 5.75 Å². The number of benzene rings is 1. The number of para-hydroxylation sites is 1. The van der Waals surface area contributed by atoms with Crippen LogP contribution >= 0.6 is 15.9 Å². The van der Waals surface area contributed by atoms with Crippen molar-refractivity contribution in [3.8, 4) is 5.75 Å². The van der Waals surface area contributed by atoms with E-state index in [9.17, 15) is 0 Å². The summed E-state index contributed by atoms with van der Waals surface area (Å²) in [5, 5.41) is 1.06. The second-order valence-corrected chi connectivity index (χ2v) is 6.26. The monoisotopic (exact) mass is 310 g/mol. The van der Waals surface area contributed by atoms with E-state index in [2.05, 4.69) is 48.0 Å². The van der Waals surface area contributed by atoms with Crippen LogP contribution in [0.4, 0.5) is 0 Å². The molecule has 0 unspecified atom stereocenters. The number of halogens is 1. The minimum absolute atomic E-state index is 0.354. The summed E-state index contributed by atoms with van der Waals surface area (Å²) in [5.41, 5.74) is 2.85. The van der Waals surface area contributed by atoms with Crippen molar-refractivity contribution in [2.75, 3.05) is 11.9 Å². The summed E-state index contributed by atoms with van der Waals surface area (Å²) in [5.74, 6) is 1.09. The van der Waals surface area contributed by atoms with Crippen LogP contribution in [0.2, 0.25) is 0 Å². The van der Waals surface area contributed by atoms with Gasteiger partial charge in [0.05, 0.1) is 6.61 Å². The smallest absolute Gasteiger partial charge is 0.125 e. The quantitative estimate of drug-likeness (QED) is 0.709. The second-order valence-electron chi connectivity index (χ2n) is 5.70. The standard InChI is InChI=1S/C16H23BrO/c1-13-7-6-8-14(2)15(13)18-12-16(11-17)9-4-3-5-10-16/h6-8H,3-5,9-12H2,1-2H3. The maximum Gasteiger partial charge on any atom is 0.125 e. The number of rotatable bonds is 4. The van der Waals surface area contributed by atoms with E-state index in [4.69, 9.17) is 4.74 Å². The van der Waals surface area contributed by atoms with Crippen molar-refractivity contribution >= 4 is 15.9 Å². The van der Waals surface area contributed by atoms with Gasteiger partial charge in [-0.25, -0.2) is 0 Å². The van der Waals surface area contributed by atoms with Gasteiger partial charge in [-0.2, -0.15) is 0 Å². The van der Waals surface area contributed by atoms with Crippen molar-refractivity contribution in [1.82, 2.24) is 0 Å². The van der Waals surface area contributed by atoms with Crippen molar-refractivity contribution in [2.24, 2.45) is 5.41 Å².